The maximum atomic E-state index is 5.77. The van der Waals surface area contributed by atoms with Gasteiger partial charge in [0.05, 0.1) is 13.7 Å². The first-order valence-corrected chi connectivity index (χ1v) is 10.9. The lowest BCUT2D eigenvalue weighted by Crippen LogP contribution is -2.33. The summed E-state index contributed by atoms with van der Waals surface area (Å²) < 4.78 is 11.8. The summed E-state index contributed by atoms with van der Waals surface area (Å²) in [7, 11) is 1.67. The fourth-order valence-electron chi connectivity index (χ4n) is 3.01. The van der Waals surface area contributed by atoms with Gasteiger partial charge in [-0.2, -0.15) is 0 Å². The molecule has 0 aromatic heterocycles. The van der Waals surface area contributed by atoms with Crippen LogP contribution in [0.25, 0.3) is 0 Å². The second-order valence-corrected chi connectivity index (χ2v) is 8.02. The van der Waals surface area contributed by atoms with Crippen molar-refractivity contribution in [2.75, 3.05) is 19.0 Å². The average molecular weight is 485 g/mol. The molecule has 0 spiro atoms. The van der Waals surface area contributed by atoms with Crippen LogP contribution in [0.5, 0.6) is 11.5 Å². The third-order valence-electron chi connectivity index (χ3n) is 4.50. The van der Waals surface area contributed by atoms with Crippen LogP contribution >= 0.6 is 28.1 Å². The molecular weight excluding hydrogens is 460 g/mol. The highest BCUT2D eigenvalue weighted by molar-refractivity contribution is 9.10. The number of anilines is 1. The molecule has 0 unspecified atom stereocenters. The van der Waals surface area contributed by atoms with Gasteiger partial charge in [0.1, 0.15) is 11.5 Å². The first-order valence-electron chi connectivity index (χ1n) is 9.73. The molecule has 156 valence electrons. The molecular formula is C24H25BrN2O2S. The molecule has 0 aliphatic carbocycles. The SMILES string of the molecule is CCOc1ccc(NC(=S)N(Cc2ccc(OC)cc2)Cc2cccc(Br)c2)cc1. The van der Waals surface area contributed by atoms with Gasteiger partial charge in [-0.05, 0) is 78.8 Å². The quantitative estimate of drug-likeness (QED) is 0.381. The Morgan fingerprint density at radius 2 is 1.60 bits per heavy atom. The monoisotopic (exact) mass is 484 g/mol. The van der Waals surface area contributed by atoms with Crippen LogP contribution < -0.4 is 14.8 Å². The average Bonchev–Trinajstić information content (AvgIpc) is 2.75. The van der Waals surface area contributed by atoms with Gasteiger partial charge in [0.15, 0.2) is 5.11 Å². The van der Waals surface area contributed by atoms with Crippen LogP contribution in [0.15, 0.2) is 77.3 Å². The minimum atomic E-state index is 0.646. The van der Waals surface area contributed by atoms with Crippen molar-refractivity contribution in [2.45, 2.75) is 20.0 Å². The van der Waals surface area contributed by atoms with E-state index in [-0.39, 0.29) is 0 Å². The van der Waals surface area contributed by atoms with Crippen molar-refractivity contribution in [1.29, 1.82) is 0 Å². The standard InChI is InChI=1S/C24H25BrN2O2S/c1-3-29-23-13-9-21(10-14-23)26-24(30)27(17-19-5-4-6-20(25)15-19)16-18-7-11-22(28-2)12-8-18/h4-15H,3,16-17H2,1-2H3,(H,26,30). The number of thiocarbonyl (C=S) groups is 1. The summed E-state index contributed by atoms with van der Waals surface area (Å²) in [6, 6.07) is 24.2. The van der Waals surface area contributed by atoms with E-state index in [0.717, 1.165) is 27.2 Å². The van der Waals surface area contributed by atoms with E-state index in [1.54, 1.807) is 7.11 Å². The van der Waals surface area contributed by atoms with Gasteiger partial charge in [-0.1, -0.05) is 40.2 Å². The smallest absolute Gasteiger partial charge is 0.174 e. The van der Waals surface area contributed by atoms with Gasteiger partial charge < -0.3 is 19.7 Å². The van der Waals surface area contributed by atoms with Gasteiger partial charge in [0.2, 0.25) is 0 Å². The largest absolute Gasteiger partial charge is 0.497 e. The van der Waals surface area contributed by atoms with Gasteiger partial charge in [-0.25, -0.2) is 0 Å². The van der Waals surface area contributed by atoms with Crippen molar-refractivity contribution < 1.29 is 9.47 Å². The topological polar surface area (TPSA) is 33.7 Å². The third kappa shape index (κ3) is 6.47. The molecule has 0 saturated carbocycles. The molecule has 3 aromatic rings. The van der Waals surface area contributed by atoms with Crippen LogP contribution in [0, 0.1) is 0 Å². The van der Waals surface area contributed by atoms with Gasteiger partial charge in [0.25, 0.3) is 0 Å². The van der Waals surface area contributed by atoms with Gasteiger partial charge in [0, 0.05) is 23.2 Å². The summed E-state index contributed by atoms with van der Waals surface area (Å²) >= 11 is 9.32. The van der Waals surface area contributed by atoms with E-state index in [0.29, 0.717) is 24.8 Å². The highest BCUT2D eigenvalue weighted by Gasteiger charge is 2.12. The highest BCUT2D eigenvalue weighted by Crippen LogP contribution is 2.20. The normalized spacial score (nSPS) is 10.4. The molecule has 3 rings (SSSR count). The van der Waals surface area contributed by atoms with Crippen LogP contribution in [-0.4, -0.2) is 23.7 Å². The zero-order valence-corrected chi connectivity index (χ0v) is 19.5. The molecule has 0 fully saturated rings. The van der Waals surface area contributed by atoms with E-state index in [2.05, 4.69) is 50.4 Å². The Bertz CT molecular complexity index is 962. The molecule has 0 bridgehead atoms. The summed E-state index contributed by atoms with van der Waals surface area (Å²) in [4.78, 5) is 2.15. The summed E-state index contributed by atoms with van der Waals surface area (Å²) in [5.74, 6) is 1.69. The zero-order valence-electron chi connectivity index (χ0n) is 17.1. The Kier molecular flexibility index (Phi) is 8.11. The highest BCUT2D eigenvalue weighted by atomic mass is 79.9. The van der Waals surface area contributed by atoms with Crippen LogP contribution in [0.4, 0.5) is 5.69 Å². The van der Waals surface area contributed by atoms with E-state index in [1.807, 2.05) is 55.5 Å². The van der Waals surface area contributed by atoms with Crippen molar-refractivity contribution in [3.63, 3.8) is 0 Å². The molecule has 0 heterocycles. The Hall–Kier alpha value is -2.57. The van der Waals surface area contributed by atoms with E-state index in [9.17, 15) is 0 Å². The molecule has 4 nitrogen and oxygen atoms in total. The van der Waals surface area contributed by atoms with Crippen molar-refractivity contribution in [1.82, 2.24) is 4.90 Å². The molecule has 0 atom stereocenters. The molecule has 6 heteroatoms. The Labute approximate surface area is 191 Å². The lowest BCUT2D eigenvalue weighted by Gasteiger charge is -2.26. The second-order valence-electron chi connectivity index (χ2n) is 6.72. The number of methoxy groups -OCH3 is 1. The minimum absolute atomic E-state index is 0.646. The molecule has 0 radical (unpaired) electrons. The maximum absolute atomic E-state index is 5.77. The third-order valence-corrected chi connectivity index (χ3v) is 5.35. The molecule has 30 heavy (non-hydrogen) atoms. The number of hydrogen-bond acceptors (Lipinski definition) is 3. The maximum Gasteiger partial charge on any atom is 0.174 e. The van der Waals surface area contributed by atoms with Gasteiger partial charge in [-0.3, -0.25) is 0 Å². The molecule has 3 aromatic carbocycles. The lowest BCUT2D eigenvalue weighted by molar-refractivity contribution is 0.340. The fraction of sp³-hybridized carbons (Fsp3) is 0.208. The molecule has 0 amide bonds. The van der Waals surface area contributed by atoms with Crippen molar-refractivity contribution in [2.24, 2.45) is 0 Å². The van der Waals surface area contributed by atoms with Crippen molar-refractivity contribution in [3.8, 4) is 11.5 Å². The minimum Gasteiger partial charge on any atom is -0.497 e. The van der Waals surface area contributed by atoms with Crippen LogP contribution in [0.3, 0.4) is 0 Å². The van der Waals surface area contributed by atoms with E-state index < -0.39 is 0 Å². The number of halogens is 1. The van der Waals surface area contributed by atoms with Crippen LogP contribution in [0.1, 0.15) is 18.1 Å². The first kappa shape index (κ1) is 22.1. The number of hydrogen-bond donors (Lipinski definition) is 1. The summed E-state index contributed by atoms with van der Waals surface area (Å²) in [5.41, 5.74) is 3.26. The van der Waals surface area contributed by atoms with Gasteiger partial charge >= 0.3 is 0 Å². The van der Waals surface area contributed by atoms with Crippen LogP contribution in [0.2, 0.25) is 0 Å². The Morgan fingerprint density at radius 3 is 2.23 bits per heavy atom. The predicted molar refractivity (Wildman–Crippen MR) is 130 cm³/mol. The van der Waals surface area contributed by atoms with Gasteiger partial charge in [-0.15, -0.1) is 0 Å². The number of nitrogens with zero attached hydrogens (tertiary/aromatic N) is 1. The van der Waals surface area contributed by atoms with E-state index >= 15 is 0 Å². The molecule has 1 N–H and O–H groups in total. The number of ether oxygens (including phenoxy) is 2. The lowest BCUT2D eigenvalue weighted by atomic mass is 10.1. The van der Waals surface area contributed by atoms with Crippen LogP contribution in [-0.2, 0) is 13.1 Å². The van der Waals surface area contributed by atoms with Crippen molar-refractivity contribution in [3.05, 3.63) is 88.4 Å². The Balaban J connectivity index is 1.76. The Morgan fingerprint density at radius 1 is 0.933 bits per heavy atom. The summed E-state index contributed by atoms with van der Waals surface area (Å²) in [6.07, 6.45) is 0. The number of nitrogens with one attached hydrogen (secondary N) is 1. The summed E-state index contributed by atoms with van der Waals surface area (Å²) in [6.45, 7) is 3.99. The summed E-state index contributed by atoms with van der Waals surface area (Å²) in [5, 5.41) is 4.02. The number of rotatable bonds is 8. The second kappa shape index (κ2) is 11.0. The molecule has 0 saturated heterocycles. The number of benzene rings is 3. The molecule has 0 aliphatic rings. The first-order chi connectivity index (χ1) is 14.6. The predicted octanol–water partition coefficient (Wildman–Crippen LogP) is 6.26. The van der Waals surface area contributed by atoms with E-state index in [1.165, 1.54) is 5.56 Å². The molecule has 0 aliphatic heterocycles. The fourth-order valence-corrected chi connectivity index (χ4v) is 3.70. The van der Waals surface area contributed by atoms with Crippen molar-refractivity contribution >= 4 is 38.9 Å². The van der Waals surface area contributed by atoms with E-state index in [4.69, 9.17) is 21.7 Å². The zero-order chi connectivity index (χ0) is 21.3.